The summed E-state index contributed by atoms with van der Waals surface area (Å²) in [4.78, 5) is 0. The normalized spacial score (nSPS) is 9.00. The second-order valence-corrected chi connectivity index (χ2v) is 2.87. The number of rotatable bonds is 2. The zero-order valence-corrected chi connectivity index (χ0v) is 8.67. The Morgan fingerprint density at radius 3 is 2.00 bits per heavy atom. The topological polar surface area (TPSA) is 17.8 Å². The third kappa shape index (κ3) is 4.94. The van der Waals surface area contributed by atoms with Crippen molar-refractivity contribution in [2.45, 2.75) is 47.1 Å². The third-order valence-electron chi connectivity index (χ3n) is 1.59. The lowest BCUT2D eigenvalue weighted by Crippen LogP contribution is -1.91. The molecule has 0 fully saturated rings. The van der Waals surface area contributed by atoms with E-state index in [0.29, 0.717) is 0 Å². The first-order chi connectivity index (χ1) is 5.74. The van der Waals surface area contributed by atoms with Crippen LogP contribution in [-0.4, -0.2) is 9.78 Å². The van der Waals surface area contributed by atoms with Gasteiger partial charge in [0.2, 0.25) is 0 Å². The van der Waals surface area contributed by atoms with E-state index in [9.17, 15) is 0 Å². The van der Waals surface area contributed by atoms with Gasteiger partial charge in [-0.1, -0.05) is 26.7 Å². The van der Waals surface area contributed by atoms with Crippen LogP contribution in [0.15, 0.2) is 12.4 Å². The molecule has 2 nitrogen and oxygen atoms in total. The van der Waals surface area contributed by atoms with Gasteiger partial charge in [-0.3, -0.25) is 4.68 Å². The van der Waals surface area contributed by atoms with Crippen molar-refractivity contribution < 1.29 is 0 Å². The molecule has 1 aromatic heterocycles. The molecule has 70 valence electrons. The van der Waals surface area contributed by atoms with E-state index >= 15 is 0 Å². The lowest BCUT2D eigenvalue weighted by Gasteiger charge is -1.88. The minimum absolute atomic E-state index is 0.966. The molecule has 1 rings (SSSR count). The van der Waals surface area contributed by atoms with Gasteiger partial charge in [0.25, 0.3) is 0 Å². The molecule has 1 heterocycles. The Morgan fingerprint density at radius 1 is 1.25 bits per heavy atom. The van der Waals surface area contributed by atoms with Crippen molar-refractivity contribution in [1.29, 1.82) is 0 Å². The molecule has 0 aliphatic rings. The predicted octanol–water partition coefficient (Wildman–Crippen LogP) is 3.02. The first kappa shape index (κ1) is 11.2. The van der Waals surface area contributed by atoms with Gasteiger partial charge in [-0.25, -0.2) is 0 Å². The van der Waals surface area contributed by atoms with Crippen LogP contribution < -0.4 is 0 Å². The van der Waals surface area contributed by atoms with Crippen LogP contribution in [0.2, 0.25) is 0 Å². The van der Waals surface area contributed by atoms with Crippen molar-refractivity contribution in [2.24, 2.45) is 0 Å². The standard InChI is InChI=1S/C6H10N2.C4H10/c1-3-8-5-6(2)4-7-8;1-3-4-2/h4-5H,3H2,1-2H3;3-4H2,1-2H3. The van der Waals surface area contributed by atoms with E-state index in [2.05, 4.69) is 25.9 Å². The van der Waals surface area contributed by atoms with Crippen LogP contribution in [-0.2, 0) is 6.54 Å². The largest absolute Gasteiger partial charge is 0.273 e. The lowest BCUT2D eigenvalue weighted by atomic mass is 10.4. The van der Waals surface area contributed by atoms with E-state index in [4.69, 9.17) is 0 Å². The minimum atomic E-state index is 0.966. The smallest absolute Gasteiger partial charge is 0.0518 e. The molecular formula is C10H20N2. The Hall–Kier alpha value is -0.790. The molecule has 0 unspecified atom stereocenters. The van der Waals surface area contributed by atoms with Crippen molar-refractivity contribution in [3.63, 3.8) is 0 Å². The zero-order chi connectivity index (χ0) is 9.40. The van der Waals surface area contributed by atoms with Crippen LogP contribution in [0, 0.1) is 6.92 Å². The molecule has 0 N–H and O–H groups in total. The van der Waals surface area contributed by atoms with Crippen molar-refractivity contribution in [2.75, 3.05) is 0 Å². The van der Waals surface area contributed by atoms with E-state index in [1.165, 1.54) is 18.4 Å². The molecule has 2 heteroatoms. The molecule has 0 saturated carbocycles. The molecule has 0 atom stereocenters. The van der Waals surface area contributed by atoms with Gasteiger partial charge in [-0.2, -0.15) is 5.10 Å². The van der Waals surface area contributed by atoms with Gasteiger partial charge in [-0.15, -0.1) is 0 Å². The van der Waals surface area contributed by atoms with E-state index in [1.807, 2.05) is 24.0 Å². The molecule has 0 spiro atoms. The molecule has 0 aromatic carbocycles. The first-order valence-corrected chi connectivity index (χ1v) is 4.73. The van der Waals surface area contributed by atoms with Crippen molar-refractivity contribution in [3.05, 3.63) is 18.0 Å². The van der Waals surface area contributed by atoms with Crippen LogP contribution in [0.1, 0.15) is 39.2 Å². The van der Waals surface area contributed by atoms with Gasteiger partial charge in [0, 0.05) is 12.7 Å². The van der Waals surface area contributed by atoms with E-state index in [0.717, 1.165) is 6.54 Å². The maximum Gasteiger partial charge on any atom is 0.0518 e. The first-order valence-electron chi connectivity index (χ1n) is 4.73. The lowest BCUT2D eigenvalue weighted by molar-refractivity contribution is 0.659. The maximum absolute atomic E-state index is 4.05. The number of nitrogens with zero attached hydrogens (tertiary/aromatic N) is 2. The Labute approximate surface area is 75.6 Å². The second-order valence-electron chi connectivity index (χ2n) is 2.87. The summed E-state index contributed by atoms with van der Waals surface area (Å²) in [5.41, 5.74) is 1.23. The highest BCUT2D eigenvalue weighted by molar-refractivity contribution is 4.98. The SMILES string of the molecule is CCCC.CCn1cc(C)cn1. The highest BCUT2D eigenvalue weighted by atomic mass is 15.3. The van der Waals surface area contributed by atoms with E-state index in [1.54, 1.807) is 0 Å². The number of hydrogen-bond acceptors (Lipinski definition) is 1. The van der Waals surface area contributed by atoms with Gasteiger partial charge < -0.3 is 0 Å². The molecule has 0 amide bonds. The molecule has 0 aliphatic heterocycles. The van der Waals surface area contributed by atoms with Gasteiger partial charge in [-0.05, 0) is 19.4 Å². The molecule has 0 radical (unpaired) electrons. The number of aromatic nitrogens is 2. The molecule has 1 aromatic rings. The molecular weight excluding hydrogens is 148 g/mol. The van der Waals surface area contributed by atoms with Crippen LogP contribution in [0.5, 0.6) is 0 Å². The van der Waals surface area contributed by atoms with Crippen LogP contribution in [0.25, 0.3) is 0 Å². The van der Waals surface area contributed by atoms with Gasteiger partial charge in [0.1, 0.15) is 0 Å². The average Bonchev–Trinajstić information content (AvgIpc) is 2.52. The van der Waals surface area contributed by atoms with E-state index < -0.39 is 0 Å². The Bertz CT molecular complexity index is 189. The Balaban J connectivity index is 0.000000261. The van der Waals surface area contributed by atoms with Crippen LogP contribution in [0.4, 0.5) is 0 Å². The third-order valence-corrected chi connectivity index (χ3v) is 1.59. The highest BCUT2D eigenvalue weighted by Crippen LogP contribution is 1.91. The summed E-state index contributed by atoms with van der Waals surface area (Å²) < 4.78 is 1.91. The van der Waals surface area contributed by atoms with Crippen molar-refractivity contribution in [1.82, 2.24) is 9.78 Å². The Kier molecular flexibility index (Phi) is 6.44. The fourth-order valence-corrected chi connectivity index (χ4v) is 0.640. The molecule has 0 saturated heterocycles. The molecule has 0 aliphatic carbocycles. The average molecular weight is 168 g/mol. The summed E-state index contributed by atoms with van der Waals surface area (Å²) in [6.07, 6.45) is 6.53. The summed E-state index contributed by atoms with van der Waals surface area (Å²) in [5.74, 6) is 0. The van der Waals surface area contributed by atoms with Gasteiger partial charge >= 0.3 is 0 Å². The molecule has 0 bridgehead atoms. The van der Waals surface area contributed by atoms with Gasteiger partial charge in [0.15, 0.2) is 0 Å². The van der Waals surface area contributed by atoms with E-state index in [-0.39, 0.29) is 0 Å². The van der Waals surface area contributed by atoms with Crippen molar-refractivity contribution in [3.8, 4) is 0 Å². The highest BCUT2D eigenvalue weighted by Gasteiger charge is 1.86. The Morgan fingerprint density at radius 2 is 1.83 bits per heavy atom. The minimum Gasteiger partial charge on any atom is -0.273 e. The van der Waals surface area contributed by atoms with Crippen molar-refractivity contribution >= 4 is 0 Å². The summed E-state index contributed by atoms with van der Waals surface area (Å²) in [5, 5.41) is 4.05. The number of unbranched alkanes of at least 4 members (excludes halogenated alkanes) is 1. The number of aryl methyl sites for hydroxylation is 2. The monoisotopic (exact) mass is 168 g/mol. The summed E-state index contributed by atoms with van der Waals surface area (Å²) >= 11 is 0. The summed E-state index contributed by atoms with van der Waals surface area (Å²) in [7, 11) is 0. The number of hydrogen-bond donors (Lipinski definition) is 0. The zero-order valence-electron chi connectivity index (χ0n) is 8.67. The summed E-state index contributed by atoms with van der Waals surface area (Å²) in [6, 6.07) is 0. The maximum atomic E-state index is 4.05. The van der Waals surface area contributed by atoms with Gasteiger partial charge in [0.05, 0.1) is 6.20 Å². The molecule has 12 heavy (non-hydrogen) atoms. The van der Waals surface area contributed by atoms with Crippen LogP contribution >= 0.6 is 0 Å². The second kappa shape index (κ2) is 6.89. The fourth-order valence-electron chi connectivity index (χ4n) is 0.640. The summed E-state index contributed by atoms with van der Waals surface area (Å²) in [6.45, 7) is 9.44. The quantitative estimate of drug-likeness (QED) is 0.663. The fraction of sp³-hybridized carbons (Fsp3) is 0.700. The predicted molar refractivity (Wildman–Crippen MR) is 53.2 cm³/mol. The van der Waals surface area contributed by atoms with Crippen LogP contribution in [0.3, 0.4) is 0 Å².